The van der Waals surface area contributed by atoms with Gasteiger partial charge in [0.2, 0.25) is 0 Å². The van der Waals surface area contributed by atoms with Crippen molar-refractivity contribution in [3.05, 3.63) is 24.3 Å². The average molecular weight is 135 g/mol. The van der Waals surface area contributed by atoms with Gasteiger partial charge in [0.1, 0.15) is 5.52 Å². The van der Waals surface area contributed by atoms with Crippen molar-refractivity contribution in [2.75, 3.05) is 0 Å². The van der Waals surface area contributed by atoms with Crippen LogP contribution >= 0.6 is 11.5 Å². The maximum Gasteiger partial charge on any atom is 0.113 e. The van der Waals surface area contributed by atoms with Crippen LogP contribution in [0.25, 0.3) is 10.2 Å². The zero-order chi connectivity index (χ0) is 6.10. The van der Waals surface area contributed by atoms with E-state index in [1.165, 1.54) is 11.5 Å². The predicted octanol–water partition coefficient (Wildman–Crippen LogP) is 1.49. The number of aromatic nitrogens is 2. The third-order valence-corrected chi connectivity index (χ3v) is 1.77. The molecule has 0 unspecified atom stereocenters. The Morgan fingerprint density at radius 1 is 1.56 bits per heavy atom. The van der Waals surface area contributed by atoms with Crippen molar-refractivity contribution in [1.82, 2.24) is 9.59 Å². The summed E-state index contributed by atoms with van der Waals surface area (Å²) in [5, 5.41) is 3.83. The Morgan fingerprint density at radius 3 is 3.44 bits per heavy atom. The van der Waals surface area contributed by atoms with E-state index in [4.69, 9.17) is 0 Å². The van der Waals surface area contributed by atoms with Gasteiger partial charge in [-0.1, -0.05) is 16.6 Å². The molecule has 1 heterocycles. The molecule has 0 bridgehead atoms. The molecule has 9 heavy (non-hydrogen) atoms. The smallest absolute Gasteiger partial charge is 0.113 e. The number of hydrogen-bond donors (Lipinski definition) is 0. The third-order valence-electron chi connectivity index (χ3n) is 1.08. The van der Waals surface area contributed by atoms with Crippen LogP contribution in [-0.4, -0.2) is 9.59 Å². The summed E-state index contributed by atoms with van der Waals surface area (Å²) in [6, 6.07) is 8.72. The van der Waals surface area contributed by atoms with Gasteiger partial charge in [0.25, 0.3) is 0 Å². The highest BCUT2D eigenvalue weighted by Crippen LogP contribution is 2.12. The highest BCUT2D eigenvalue weighted by molar-refractivity contribution is 7.12. The molecule has 0 saturated carbocycles. The van der Waals surface area contributed by atoms with E-state index in [1.807, 2.05) is 18.2 Å². The third kappa shape index (κ3) is 0.695. The molecule has 2 nitrogen and oxygen atoms in total. The summed E-state index contributed by atoms with van der Waals surface area (Å²) in [6.07, 6.45) is 0. The summed E-state index contributed by atoms with van der Waals surface area (Å²) in [5.74, 6) is 0. The summed E-state index contributed by atoms with van der Waals surface area (Å²) in [4.78, 5) is 0. The fourth-order valence-corrected chi connectivity index (χ4v) is 1.21. The summed E-state index contributed by atoms with van der Waals surface area (Å²) in [7, 11) is 0. The van der Waals surface area contributed by atoms with Crippen molar-refractivity contribution in [2.24, 2.45) is 0 Å². The van der Waals surface area contributed by atoms with Crippen LogP contribution in [0.15, 0.2) is 18.2 Å². The maximum atomic E-state index is 3.83. The second-order valence-electron chi connectivity index (χ2n) is 1.66. The number of hydrogen-bond acceptors (Lipinski definition) is 3. The normalized spacial score (nSPS) is 10.2. The number of fused-ring (bicyclic) bond motifs is 1. The topological polar surface area (TPSA) is 25.8 Å². The lowest BCUT2D eigenvalue weighted by Crippen LogP contribution is -1.64. The molecule has 43 valence electrons. The molecule has 0 amide bonds. The molecule has 0 fully saturated rings. The molecule has 0 atom stereocenters. The second kappa shape index (κ2) is 1.77. The Kier molecular flexibility index (Phi) is 0.960. The second-order valence-corrected chi connectivity index (χ2v) is 2.44. The highest BCUT2D eigenvalue weighted by atomic mass is 32.1. The fraction of sp³-hybridized carbons (Fsp3) is 0. The molecule has 2 aromatic rings. The van der Waals surface area contributed by atoms with Crippen LogP contribution in [0.2, 0.25) is 0 Å². The van der Waals surface area contributed by atoms with Crippen LogP contribution in [0.1, 0.15) is 0 Å². The molecule has 1 aromatic heterocycles. The van der Waals surface area contributed by atoms with Gasteiger partial charge in [-0.3, -0.25) is 0 Å². The zero-order valence-electron chi connectivity index (χ0n) is 4.53. The average Bonchev–Trinajstić information content (AvgIpc) is 2.33. The maximum absolute atomic E-state index is 3.83. The van der Waals surface area contributed by atoms with E-state index in [0.717, 1.165) is 10.2 Å². The Labute approximate surface area is 56.3 Å². The molecule has 0 saturated heterocycles. The molecular weight excluding hydrogens is 132 g/mol. The summed E-state index contributed by atoms with van der Waals surface area (Å²) < 4.78 is 4.86. The molecule has 3 heteroatoms. The van der Waals surface area contributed by atoms with Gasteiger partial charge in [-0.2, -0.15) is 0 Å². The molecule has 0 spiro atoms. The van der Waals surface area contributed by atoms with E-state index in [2.05, 4.69) is 15.7 Å². The van der Waals surface area contributed by atoms with Gasteiger partial charge in [-0.05, 0) is 17.6 Å². The summed E-state index contributed by atoms with van der Waals surface area (Å²) in [5.41, 5.74) is 0.863. The first-order valence-electron chi connectivity index (χ1n) is 2.55. The van der Waals surface area contributed by atoms with E-state index in [-0.39, 0.29) is 0 Å². The summed E-state index contributed by atoms with van der Waals surface area (Å²) in [6.45, 7) is 0. The minimum atomic E-state index is 0.863. The fourth-order valence-electron chi connectivity index (χ4n) is 0.670. The Hall–Kier alpha value is -0.960. The molecule has 0 aliphatic rings. The number of nitrogens with zero attached hydrogens (tertiary/aromatic N) is 2. The first-order chi connectivity index (χ1) is 4.47. The van der Waals surface area contributed by atoms with Gasteiger partial charge in [0.05, 0.1) is 4.70 Å². The van der Waals surface area contributed by atoms with Gasteiger partial charge in [-0.25, -0.2) is 0 Å². The monoisotopic (exact) mass is 135 g/mol. The van der Waals surface area contributed by atoms with Crippen LogP contribution in [-0.2, 0) is 0 Å². The van der Waals surface area contributed by atoms with E-state index in [9.17, 15) is 0 Å². The van der Waals surface area contributed by atoms with E-state index < -0.39 is 0 Å². The van der Waals surface area contributed by atoms with Crippen molar-refractivity contribution in [3.8, 4) is 0 Å². The minimum Gasteiger partial charge on any atom is -0.137 e. The predicted molar refractivity (Wildman–Crippen MR) is 36.3 cm³/mol. The van der Waals surface area contributed by atoms with Crippen molar-refractivity contribution in [2.45, 2.75) is 0 Å². The molecule has 0 aliphatic carbocycles. The SMILES string of the molecule is [c]1cccc2snnc12. The van der Waals surface area contributed by atoms with Gasteiger partial charge in [-0.15, -0.1) is 5.10 Å². The van der Waals surface area contributed by atoms with Crippen LogP contribution in [0.5, 0.6) is 0 Å². The van der Waals surface area contributed by atoms with E-state index >= 15 is 0 Å². The molecule has 2 rings (SSSR count). The lowest BCUT2D eigenvalue weighted by molar-refractivity contribution is 1.20. The van der Waals surface area contributed by atoms with Gasteiger partial charge in [0, 0.05) is 6.07 Å². The van der Waals surface area contributed by atoms with Crippen LogP contribution in [0, 0.1) is 6.07 Å². The van der Waals surface area contributed by atoms with Gasteiger partial charge < -0.3 is 0 Å². The van der Waals surface area contributed by atoms with Gasteiger partial charge >= 0.3 is 0 Å². The first-order valence-corrected chi connectivity index (χ1v) is 3.33. The van der Waals surface area contributed by atoms with Gasteiger partial charge in [0.15, 0.2) is 0 Å². The van der Waals surface area contributed by atoms with Crippen molar-refractivity contribution >= 4 is 21.7 Å². The quantitative estimate of drug-likeness (QED) is 0.547. The van der Waals surface area contributed by atoms with Crippen LogP contribution in [0.3, 0.4) is 0 Å². The largest absolute Gasteiger partial charge is 0.137 e. The number of benzene rings is 1. The zero-order valence-corrected chi connectivity index (χ0v) is 5.35. The van der Waals surface area contributed by atoms with E-state index in [0.29, 0.717) is 0 Å². The molecule has 0 N–H and O–H groups in total. The van der Waals surface area contributed by atoms with Crippen LogP contribution in [0.4, 0.5) is 0 Å². The minimum absolute atomic E-state index is 0.863. The van der Waals surface area contributed by atoms with Crippen molar-refractivity contribution < 1.29 is 0 Å². The molecule has 1 aromatic carbocycles. The lowest BCUT2D eigenvalue weighted by atomic mass is 10.3. The Bertz CT molecular complexity index is 285. The van der Waals surface area contributed by atoms with Crippen molar-refractivity contribution in [1.29, 1.82) is 0 Å². The Balaban J connectivity index is 2.95. The van der Waals surface area contributed by atoms with Crippen LogP contribution < -0.4 is 0 Å². The van der Waals surface area contributed by atoms with Crippen molar-refractivity contribution in [3.63, 3.8) is 0 Å². The first kappa shape index (κ1) is 4.88. The molecular formula is C6H3N2S. The molecule has 1 radical (unpaired) electrons. The Morgan fingerprint density at radius 2 is 2.56 bits per heavy atom. The number of rotatable bonds is 0. The highest BCUT2D eigenvalue weighted by Gasteiger charge is 1.92. The summed E-state index contributed by atoms with van der Waals surface area (Å²) >= 11 is 1.39. The molecule has 0 aliphatic heterocycles. The standard InChI is InChI=1S/C6H3N2S/c1-2-4-6-5(3-1)7-8-9-6/h1-2,4H. The lowest BCUT2D eigenvalue weighted by Gasteiger charge is -1.77. The van der Waals surface area contributed by atoms with E-state index in [1.54, 1.807) is 0 Å².